The second-order valence-corrected chi connectivity index (χ2v) is 6.63. The minimum Gasteiger partial charge on any atom is -0.355 e. The van der Waals surface area contributed by atoms with E-state index in [2.05, 4.69) is 25.2 Å². The molecule has 0 atom stereocenters. The minimum atomic E-state index is -2.78. The molecule has 3 N–H and O–H groups in total. The number of halogens is 2. The summed E-state index contributed by atoms with van der Waals surface area (Å²) >= 11 is 0. The number of pyridine rings is 1. The van der Waals surface area contributed by atoms with E-state index in [1.807, 2.05) is 12.1 Å². The zero-order valence-electron chi connectivity index (χ0n) is 13.5. The van der Waals surface area contributed by atoms with Crippen LogP contribution in [0.2, 0.25) is 0 Å². The SMILES string of the molecule is N=C(/C=C\c1ncc(-c2ccnc(N3CC4(CNC4)C3)c2)[nH]1)C(F)F. The summed E-state index contributed by atoms with van der Waals surface area (Å²) in [5.41, 5.74) is 1.42. The van der Waals surface area contributed by atoms with Crippen molar-refractivity contribution in [3.63, 3.8) is 0 Å². The summed E-state index contributed by atoms with van der Waals surface area (Å²) in [5.74, 6) is 1.36. The van der Waals surface area contributed by atoms with Crippen LogP contribution >= 0.6 is 0 Å². The van der Waals surface area contributed by atoms with E-state index in [1.54, 1.807) is 12.4 Å². The van der Waals surface area contributed by atoms with Gasteiger partial charge in [0.15, 0.2) is 0 Å². The molecule has 0 aliphatic carbocycles. The molecule has 8 heteroatoms. The number of anilines is 1. The Bertz CT molecular complexity index is 816. The highest BCUT2D eigenvalue weighted by Gasteiger charge is 2.47. The number of hydrogen-bond donors (Lipinski definition) is 3. The lowest BCUT2D eigenvalue weighted by Gasteiger charge is -2.56. The first-order valence-electron chi connectivity index (χ1n) is 8.06. The highest BCUT2D eigenvalue weighted by atomic mass is 19.3. The third kappa shape index (κ3) is 3.05. The monoisotopic (exact) mass is 344 g/mol. The van der Waals surface area contributed by atoms with E-state index in [1.165, 1.54) is 6.08 Å². The molecule has 2 aliphatic heterocycles. The standard InChI is InChI=1S/C17H18F2N6/c18-16(19)12(20)1-2-14-23-6-13(24-14)11-3-4-22-15(5-11)25-9-17(10-25)7-21-8-17/h1-6,16,20-21H,7-10H2,(H,23,24)/b2-1-,20-12?. The maximum atomic E-state index is 12.3. The Morgan fingerprint density at radius 1 is 1.32 bits per heavy atom. The van der Waals surface area contributed by atoms with Crippen LogP contribution in [0.3, 0.4) is 0 Å². The second kappa shape index (κ2) is 6.03. The lowest BCUT2D eigenvalue weighted by Crippen LogP contribution is -2.71. The molecule has 25 heavy (non-hydrogen) atoms. The Morgan fingerprint density at radius 2 is 2.12 bits per heavy atom. The van der Waals surface area contributed by atoms with Crippen molar-refractivity contribution in [3.8, 4) is 11.3 Å². The van der Waals surface area contributed by atoms with E-state index in [4.69, 9.17) is 5.41 Å². The van der Waals surface area contributed by atoms with Crippen molar-refractivity contribution in [3.05, 3.63) is 36.4 Å². The Kier molecular flexibility index (Phi) is 3.84. The number of hydrogen-bond acceptors (Lipinski definition) is 5. The van der Waals surface area contributed by atoms with E-state index in [0.29, 0.717) is 11.2 Å². The summed E-state index contributed by atoms with van der Waals surface area (Å²) in [4.78, 5) is 13.9. The molecule has 2 fully saturated rings. The number of allylic oxidation sites excluding steroid dienone is 1. The van der Waals surface area contributed by atoms with Crippen molar-refractivity contribution in [2.75, 3.05) is 31.1 Å². The van der Waals surface area contributed by atoms with Gasteiger partial charge in [0.25, 0.3) is 6.43 Å². The number of aromatic nitrogens is 3. The predicted molar refractivity (Wildman–Crippen MR) is 92.1 cm³/mol. The Labute approximate surface area is 143 Å². The van der Waals surface area contributed by atoms with Gasteiger partial charge >= 0.3 is 0 Å². The van der Waals surface area contributed by atoms with Crippen LogP contribution in [0.15, 0.2) is 30.6 Å². The molecule has 0 saturated carbocycles. The molecule has 0 aromatic carbocycles. The fraction of sp³-hybridized carbons (Fsp3) is 0.353. The van der Waals surface area contributed by atoms with Gasteiger partial charge in [0.2, 0.25) is 0 Å². The van der Waals surface area contributed by atoms with Gasteiger partial charge in [-0.15, -0.1) is 0 Å². The van der Waals surface area contributed by atoms with Gasteiger partial charge in [-0.05, 0) is 24.3 Å². The number of imidazole rings is 1. The van der Waals surface area contributed by atoms with Crippen LogP contribution in [-0.4, -0.2) is 53.3 Å². The zero-order chi connectivity index (χ0) is 17.4. The van der Waals surface area contributed by atoms with Gasteiger partial charge in [0, 0.05) is 43.4 Å². The largest absolute Gasteiger partial charge is 0.355 e. The van der Waals surface area contributed by atoms with Crippen molar-refractivity contribution in [2.24, 2.45) is 5.41 Å². The fourth-order valence-corrected chi connectivity index (χ4v) is 3.20. The second-order valence-electron chi connectivity index (χ2n) is 6.63. The molecule has 0 amide bonds. The molecule has 1 spiro atoms. The molecule has 4 heterocycles. The molecule has 6 nitrogen and oxygen atoms in total. The molecule has 130 valence electrons. The van der Waals surface area contributed by atoms with Gasteiger partial charge in [-0.3, -0.25) is 5.41 Å². The summed E-state index contributed by atoms with van der Waals surface area (Å²) in [5, 5.41) is 10.4. The van der Waals surface area contributed by atoms with Crippen LogP contribution < -0.4 is 10.2 Å². The molecule has 0 bridgehead atoms. The molecule has 2 aromatic rings. The number of nitrogens with zero attached hydrogens (tertiary/aromatic N) is 3. The van der Waals surface area contributed by atoms with Gasteiger partial charge in [-0.25, -0.2) is 18.7 Å². The maximum Gasteiger partial charge on any atom is 0.279 e. The van der Waals surface area contributed by atoms with Crippen LogP contribution in [0.25, 0.3) is 17.3 Å². The molecule has 2 aliphatic rings. The minimum absolute atomic E-state index is 0.429. The normalized spacial score (nSPS) is 18.6. The average Bonchev–Trinajstić information content (AvgIpc) is 2.99. The smallest absolute Gasteiger partial charge is 0.279 e. The number of H-pyrrole nitrogens is 1. The molecule has 0 unspecified atom stereocenters. The number of alkyl halides is 2. The highest BCUT2D eigenvalue weighted by molar-refractivity contribution is 5.97. The van der Waals surface area contributed by atoms with E-state index < -0.39 is 12.1 Å². The maximum absolute atomic E-state index is 12.3. The summed E-state index contributed by atoms with van der Waals surface area (Å²) in [6.07, 6.45) is 3.06. The molecule has 4 rings (SSSR count). The summed E-state index contributed by atoms with van der Waals surface area (Å²) in [6.45, 7) is 4.19. The molecular weight excluding hydrogens is 326 g/mol. The van der Waals surface area contributed by atoms with E-state index in [0.717, 1.165) is 49.3 Å². The van der Waals surface area contributed by atoms with Crippen molar-refractivity contribution >= 4 is 17.6 Å². The third-order valence-corrected chi connectivity index (χ3v) is 4.68. The van der Waals surface area contributed by atoms with Gasteiger partial charge in [-0.1, -0.05) is 0 Å². The number of rotatable bonds is 5. The number of aromatic amines is 1. The summed E-state index contributed by atoms with van der Waals surface area (Å²) in [7, 11) is 0. The van der Waals surface area contributed by atoms with E-state index >= 15 is 0 Å². The molecular formula is C17H18F2N6. The fourth-order valence-electron chi connectivity index (χ4n) is 3.20. The topological polar surface area (TPSA) is 80.7 Å². The van der Waals surface area contributed by atoms with Crippen LogP contribution in [0, 0.1) is 10.8 Å². The average molecular weight is 344 g/mol. The van der Waals surface area contributed by atoms with Gasteiger partial charge < -0.3 is 15.2 Å². The van der Waals surface area contributed by atoms with Crippen molar-refractivity contribution < 1.29 is 8.78 Å². The van der Waals surface area contributed by atoms with Gasteiger partial charge in [0.05, 0.1) is 17.6 Å². The summed E-state index contributed by atoms with van der Waals surface area (Å²) < 4.78 is 24.6. The van der Waals surface area contributed by atoms with Crippen LogP contribution in [-0.2, 0) is 0 Å². The van der Waals surface area contributed by atoms with Crippen molar-refractivity contribution in [1.29, 1.82) is 5.41 Å². The Morgan fingerprint density at radius 3 is 2.80 bits per heavy atom. The highest BCUT2D eigenvalue weighted by Crippen LogP contribution is 2.37. The van der Waals surface area contributed by atoms with Gasteiger partial charge in [0.1, 0.15) is 11.6 Å². The van der Waals surface area contributed by atoms with Crippen LogP contribution in [0.1, 0.15) is 5.82 Å². The first kappa shape index (κ1) is 15.9. The lowest BCUT2D eigenvalue weighted by molar-refractivity contribution is 0.120. The van der Waals surface area contributed by atoms with Crippen molar-refractivity contribution in [1.82, 2.24) is 20.3 Å². The Hall–Kier alpha value is -2.61. The van der Waals surface area contributed by atoms with Crippen LogP contribution in [0.4, 0.5) is 14.6 Å². The van der Waals surface area contributed by atoms with Crippen LogP contribution in [0.5, 0.6) is 0 Å². The first-order chi connectivity index (χ1) is 12.0. The predicted octanol–water partition coefficient (Wildman–Crippen LogP) is 2.18. The zero-order valence-corrected chi connectivity index (χ0v) is 13.5. The first-order valence-corrected chi connectivity index (χ1v) is 8.06. The molecule has 2 aromatic heterocycles. The lowest BCUT2D eigenvalue weighted by atomic mass is 9.74. The van der Waals surface area contributed by atoms with E-state index in [9.17, 15) is 8.78 Å². The third-order valence-electron chi connectivity index (χ3n) is 4.68. The number of nitrogens with one attached hydrogen (secondary N) is 3. The molecule has 0 radical (unpaired) electrons. The quantitative estimate of drug-likeness (QED) is 0.726. The van der Waals surface area contributed by atoms with E-state index in [-0.39, 0.29) is 0 Å². The van der Waals surface area contributed by atoms with Crippen molar-refractivity contribution in [2.45, 2.75) is 6.43 Å². The van der Waals surface area contributed by atoms with Gasteiger partial charge in [-0.2, -0.15) is 0 Å². The summed E-state index contributed by atoms with van der Waals surface area (Å²) in [6, 6.07) is 3.88. The molecule has 2 saturated heterocycles. The Balaban J connectivity index is 1.47.